The van der Waals surface area contributed by atoms with E-state index in [2.05, 4.69) is 22.0 Å². The Labute approximate surface area is 189 Å². The maximum absolute atomic E-state index is 8.98. The van der Waals surface area contributed by atoms with Gasteiger partial charge in [0.15, 0.2) is 15.6 Å². The minimum Gasteiger partial charge on any atom is -0.302 e. The van der Waals surface area contributed by atoms with Gasteiger partial charge in [0, 0.05) is 22.9 Å². The lowest BCUT2D eigenvalue weighted by Crippen LogP contribution is -2.30. The number of aliphatic imine (C=N–C) groups is 1. The lowest BCUT2D eigenvalue weighted by Gasteiger charge is -2.26. The summed E-state index contributed by atoms with van der Waals surface area (Å²) in [5, 5.41) is 9.76. The summed E-state index contributed by atoms with van der Waals surface area (Å²) >= 11 is 1.46. The van der Waals surface area contributed by atoms with Crippen molar-refractivity contribution in [3.8, 4) is 29.7 Å². The van der Waals surface area contributed by atoms with Gasteiger partial charge in [-0.15, -0.1) is 6.42 Å². The van der Waals surface area contributed by atoms with Crippen LogP contribution in [0.15, 0.2) is 72.0 Å². The van der Waals surface area contributed by atoms with Crippen molar-refractivity contribution in [2.75, 3.05) is 4.90 Å². The second-order valence-electron chi connectivity index (χ2n) is 7.13. The first-order valence-electron chi connectivity index (χ1n) is 9.91. The summed E-state index contributed by atoms with van der Waals surface area (Å²) in [7, 11) is 0. The van der Waals surface area contributed by atoms with Crippen molar-refractivity contribution in [3.63, 3.8) is 0 Å². The number of nitriles is 1. The zero-order valence-corrected chi connectivity index (χ0v) is 17.9. The Bertz CT molecular complexity index is 1470. The molecule has 0 fully saturated rings. The van der Waals surface area contributed by atoms with E-state index in [1.807, 2.05) is 60.5 Å². The number of hydrogen-bond acceptors (Lipinski definition) is 7. The molecule has 152 valence electrons. The fourth-order valence-corrected chi connectivity index (χ4v) is 4.43. The van der Waals surface area contributed by atoms with Gasteiger partial charge < -0.3 is 4.90 Å². The molecule has 3 heterocycles. The molecule has 0 saturated heterocycles. The van der Waals surface area contributed by atoms with Crippen LogP contribution in [0.1, 0.15) is 23.6 Å². The maximum atomic E-state index is 8.98. The molecular weight excluding hydrogens is 416 g/mol. The Kier molecular flexibility index (Phi) is 4.95. The first-order chi connectivity index (χ1) is 15.7. The second kappa shape index (κ2) is 8.07. The van der Waals surface area contributed by atoms with Crippen molar-refractivity contribution in [3.05, 3.63) is 83.7 Å². The third-order valence-corrected chi connectivity index (χ3v) is 6.07. The average molecular weight is 433 g/mol. The minimum atomic E-state index is -0.153. The normalized spacial score (nSPS) is 15.3. The van der Waals surface area contributed by atoms with E-state index in [-0.39, 0.29) is 6.17 Å². The number of allylic oxidation sites excluding steroid dienone is 1. The van der Waals surface area contributed by atoms with Crippen LogP contribution in [0, 0.1) is 23.7 Å². The standard InChI is InChI=1S/C25H16N6S/c1-3-18-6-4-5-7-20(18)21-12-13-31(16(2)28-21)25-30-23-24(32-25)29-22(15-27-23)19-10-8-17(14-26)9-11-19/h1,4-13,15-16H,2H3. The monoisotopic (exact) mass is 432 g/mol. The van der Waals surface area contributed by atoms with Gasteiger partial charge in [-0.1, -0.05) is 47.6 Å². The summed E-state index contributed by atoms with van der Waals surface area (Å²) in [5.74, 6) is 2.72. The first-order valence-corrected chi connectivity index (χ1v) is 10.7. The number of terminal acetylenes is 1. The fourth-order valence-electron chi connectivity index (χ4n) is 3.47. The number of anilines is 1. The van der Waals surface area contributed by atoms with Gasteiger partial charge in [0.2, 0.25) is 0 Å². The smallest absolute Gasteiger partial charge is 0.195 e. The average Bonchev–Trinajstić information content (AvgIpc) is 3.27. The minimum absolute atomic E-state index is 0.153. The Morgan fingerprint density at radius 1 is 1.09 bits per heavy atom. The number of thiazole rings is 1. The molecular formula is C25H16N6S. The zero-order chi connectivity index (χ0) is 22.1. The number of fused-ring (bicyclic) bond motifs is 1. The predicted octanol–water partition coefficient (Wildman–Crippen LogP) is 4.78. The van der Waals surface area contributed by atoms with Crippen LogP contribution in [0.25, 0.3) is 21.7 Å². The molecule has 2 aromatic carbocycles. The number of nitrogens with zero attached hydrogens (tertiary/aromatic N) is 6. The summed E-state index contributed by atoms with van der Waals surface area (Å²) in [4.78, 5) is 21.4. The lowest BCUT2D eigenvalue weighted by atomic mass is 10.0. The quantitative estimate of drug-likeness (QED) is 0.436. The largest absolute Gasteiger partial charge is 0.302 e. The van der Waals surface area contributed by atoms with E-state index < -0.39 is 0 Å². The van der Waals surface area contributed by atoms with Gasteiger partial charge >= 0.3 is 0 Å². The summed E-state index contributed by atoms with van der Waals surface area (Å²) in [6, 6.07) is 17.2. The van der Waals surface area contributed by atoms with Gasteiger partial charge in [-0.2, -0.15) is 10.2 Å². The molecule has 6 nitrogen and oxygen atoms in total. The Hall–Kier alpha value is -4.33. The molecule has 0 amide bonds. The van der Waals surface area contributed by atoms with E-state index in [1.165, 1.54) is 11.3 Å². The summed E-state index contributed by atoms with van der Waals surface area (Å²) in [6.07, 6.45) is 11.1. The van der Waals surface area contributed by atoms with Gasteiger partial charge in [-0.25, -0.2) is 9.97 Å². The summed E-state index contributed by atoms with van der Waals surface area (Å²) in [5.41, 5.74) is 5.46. The third-order valence-electron chi connectivity index (χ3n) is 5.12. The van der Waals surface area contributed by atoms with Crippen LogP contribution in [0.4, 0.5) is 5.13 Å². The van der Waals surface area contributed by atoms with E-state index in [1.54, 1.807) is 18.3 Å². The molecule has 2 aromatic heterocycles. The van der Waals surface area contributed by atoms with Gasteiger partial charge in [0.1, 0.15) is 6.17 Å². The van der Waals surface area contributed by atoms with Crippen molar-refractivity contribution < 1.29 is 0 Å². The van der Waals surface area contributed by atoms with E-state index in [0.29, 0.717) is 11.2 Å². The maximum Gasteiger partial charge on any atom is 0.195 e. The highest BCUT2D eigenvalue weighted by atomic mass is 32.1. The van der Waals surface area contributed by atoms with Crippen LogP contribution in [-0.4, -0.2) is 26.8 Å². The molecule has 7 heteroatoms. The number of benzene rings is 2. The van der Waals surface area contributed by atoms with Gasteiger partial charge in [0.05, 0.1) is 29.2 Å². The number of rotatable bonds is 3. The van der Waals surface area contributed by atoms with Crippen molar-refractivity contribution in [1.82, 2.24) is 15.0 Å². The van der Waals surface area contributed by atoms with Gasteiger partial charge in [0.25, 0.3) is 0 Å². The molecule has 5 rings (SSSR count). The van der Waals surface area contributed by atoms with Crippen molar-refractivity contribution in [2.24, 2.45) is 4.99 Å². The highest BCUT2D eigenvalue weighted by Gasteiger charge is 2.21. The molecule has 0 spiro atoms. The van der Waals surface area contributed by atoms with E-state index >= 15 is 0 Å². The lowest BCUT2D eigenvalue weighted by molar-refractivity contribution is 0.740. The third kappa shape index (κ3) is 3.51. The molecule has 0 aliphatic carbocycles. The van der Waals surface area contributed by atoms with Gasteiger partial charge in [-0.05, 0) is 31.2 Å². The van der Waals surface area contributed by atoms with Crippen LogP contribution in [0.5, 0.6) is 0 Å². The molecule has 4 aromatic rings. The Morgan fingerprint density at radius 2 is 1.91 bits per heavy atom. The Morgan fingerprint density at radius 3 is 2.66 bits per heavy atom. The molecule has 1 atom stereocenters. The van der Waals surface area contributed by atoms with Crippen LogP contribution >= 0.6 is 11.3 Å². The SMILES string of the molecule is C#Cc1ccccc1C1=NC(C)N(c2nc3ncc(-c4ccc(C#N)cc4)nc3s2)C=C1. The summed E-state index contributed by atoms with van der Waals surface area (Å²) < 4.78 is 0. The molecule has 1 unspecified atom stereocenters. The van der Waals surface area contributed by atoms with Crippen LogP contribution in [-0.2, 0) is 0 Å². The molecule has 1 aliphatic rings. The van der Waals surface area contributed by atoms with Gasteiger partial charge in [-0.3, -0.25) is 4.99 Å². The zero-order valence-electron chi connectivity index (χ0n) is 17.1. The van der Waals surface area contributed by atoms with Crippen molar-refractivity contribution >= 4 is 32.7 Å². The van der Waals surface area contributed by atoms with Crippen LogP contribution in [0.3, 0.4) is 0 Å². The second-order valence-corrected chi connectivity index (χ2v) is 8.08. The van der Waals surface area contributed by atoms with E-state index in [0.717, 1.165) is 38.1 Å². The van der Waals surface area contributed by atoms with E-state index in [4.69, 9.17) is 21.7 Å². The number of aromatic nitrogens is 3. The predicted molar refractivity (Wildman–Crippen MR) is 127 cm³/mol. The Balaban J connectivity index is 1.44. The molecule has 0 saturated carbocycles. The highest BCUT2D eigenvalue weighted by Crippen LogP contribution is 2.31. The number of hydrogen-bond donors (Lipinski definition) is 0. The summed E-state index contributed by atoms with van der Waals surface area (Å²) in [6.45, 7) is 2.01. The molecule has 0 N–H and O–H groups in total. The first kappa shape index (κ1) is 19.6. The molecule has 1 aliphatic heterocycles. The van der Waals surface area contributed by atoms with E-state index in [9.17, 15) is 0 Å². The van der Waals surface area contributed by atoms with Crippen molar-refractivity contribution in [1.29, 1.82) is 5.26 Å². The highest BCUT2D eigenvalue weighted by molar-refractivity contribution is 7.21. The molecule has 0 radical (unpaired) electrons. The molecule has 0 bridgehead atoms. The fraction of sp³-hybridized carbons (Fsp3) is 0.0800. The topological polar surface area (TPSA) is 78.1 Å². The van der Waals surface area contributed by atoms with Crippen LogP contribution < -0.4 is 4.90 Å². The molecule has 32 heavy (non-hydrogen) atoms. The van der Waals surface area contributed by atoms with Crippen molar-refractivity contribution in [2.45, 2.75) is 13.1 Å². The van der Waals surface area contributed by atoms with Crippen LogP contribution in [0.2, 0.25) is 0 Å².